The van der Waals surface area contributed by atoms with Crippen molar-refractivity contribution in [2.24, 2.45) is 0 Å². The Morgan fingerprint density at radius 3 is 2.78 bits per heavy atom. The van der Waals surface area contributed by atoms with E-state index < -0.39 is 5.82 Å². The Labute approximate surface area is 114 Å². The maximum atomic E-state index is 13.0. The Morgan fingerprint density at radius 2 is 2.17 bits per heavy atom. The molecule has 0 spiro atoms. The monoisotopic (exact) mass is 283 g/mol. The van der Waals surface area contributed by atoms with E-state index >= 15 is 0 Å². The van der Waals surface area contributed by atoms with Crippen LogP contribution in [0.25, 0.3) is 0 Å². The number of benzene rings is 1. The van der Waals surface area contributed by atoms with Crippen molar-refractivity contribution in [2.75, 3.05) is 11.9 Å². The molecule has 0 fully saturated rings. The Bertz CT molecular complexity index is 570. The van der Waals surface area contributed by atoms with E-state index in [1.807, 2.05) is 24.1 Å². The summed E-state index contributed by atoms with van der Waals surface area (Å²) in [5.74, 6) is -0.409. The molecule has 0 unspecified atom stereocenters. The molecule has 0 bridgehead atoms. The minimum absolute atomic E-state index is 0.347. The molecule has 0 saturated heterocycles. The molecule has 0 radical (unpaired) electrons. The van der Waals surface area contributed by atoms with Crippen LogP contribution in [0.1, 0.15) is 15.2 Å². The number of thiophene rings is 1. The van der Waals surface area contributed by atoms with E-state index in [1.165, 1.54) is 23.5 Å². The van der Waals surface area contributed by atoms with Gasteiger partial charge in [-0.25, -0.2) is 4.39 Å². The lowest BCUT2D eigenvalue weighted by Gasteiger charge is -2.20. The fraction of sp³-hybridized carbons (Fsp3) is 0.154. The van der Waals surface area contributed by atoms with E-state index in [0.717, 1.165) is 9.21 Å². The molecule has 1 aromatic heterocycles. The van der Waals surface area contributed by atoms with E-state index in [0.29, 0.717) is 24.1 Å². The molecule has 2 rings (SSSR count). The van der Waals surface area contributed by atoms with Crippen molar-refractivity contribution >= 4 is 34.9 Å². The molecule has 5 heteroatoms. The standard InChI is InChI=1S/C13H11ClFNOS/c1-16(7-11-3-5-13(14)18-11)12-4-2-10(15)6-9(12)8-17/h2-6,8H,7H2,1H3. The highest BCUT2D eigenvalue weighted by Gasteiger charge is 2.09. The molecule has 2 nitrogen and oxygen atoms in total. The SMILES string of the molecule is CN(Cc1ccc(Cl)s1)c1ccc(F)cc1C=O. The Balaban J connectivity index is 2.23. The number of hydrogen-bond donors (Lipinski definition) is 0. The van der Waals surface area contributed by atoms with Crippen molar-refractivity contribution in [3.63, 3.8) is 0 Å². The topological polar surface area (TPSA) is 20.3 Å². The summed E-state index contributed by atoms with van der Waals surface area (Å²) in [6, 6.07) is 7.96. The number of carbonyl (C=O) groups is 1. The second kappa shape index (κ2) is 5.50. The van der Waals surface area contributed by atoms with Crippen LogP contribution in [0.4, 0.5) is 10.1 Å². The molecule has 0 aliphatic heterocycles. The largest absolute Gasteiger partial charge is 0.369 e. The Hall–Kier alpha value is -1.39. The molecule has 18 heavy (non-hydrogen) atoms. The number of carbonyl (C=O) groups excluding carboxylic acids is 1. The predicted molar refractivity (Wildman–Crippen MR) is 73.2 cm³/mol. The van der Waals surface area contributed by atoms with Crippen molar-refractivity contribution in [3.05, 3.63) is 50.9 Å². The summed E-state index contributed by atoms with van der Waals surface area (Å²) in [7, 11) is 1.86. The van der Waals surface area contributed by atoms with Crippen LogP contribution in [0, 0.1) is 5.82 Å². The maximum Gasteiger partial charge on any atom is 0.152 e. The summed E-state index contributed by atoms with van der Waals surface area (Å²) in [6.07, 6.45) is 0.663. The molecule has 0 N–H and O–H groups in total. The first-order valence-corrected chi connectivity index (χ1v) is 6.49. The van der Waals surface area contributed by atoms with Crippen LogP contribution < -0.4 is 4.90 Å². The normalized spacial score (nSPS) is 10.4. The van der Waals surface area contributed by atoms with Gasteiger partial charge in [0.15, 0.2) is 6.29 Å². The highest BCUT2D eigenvalue weighted by molar-refractivity contribution is 7.16. The highest BCUT2D eigenvalue weighted by Crippen LogP contribution is 2.26. The Morgan fingerprint density at radius 1 is 1.39 bits per heavy atom. The fourth-order valence-electron chi connectivity index (χ4n) is 1.72. The summed E-state index contributed by atoms with van der Waals surface area (Å²) in [4.78, 5) is 13.9. The van der Waals surface area contributed by atoms with Crippen LogP contribution in [0.5, 0.6) is 0 Å². The third-order valence-corrected chi connectivity index (χ3v) is 3.77. The Kier molecular flexibility index (Phi) is 3.99. The van der Waals surface area contributed by atoms with Crippen LogP contribution in [-0.2, 0) is 6.54 Å². The molecule has 0 aliphatic rings. The van der Waals surface area contributed by atoms with Crippen LogP contribution in [0.15, 0.2) is 30.3 Å². The molecule has 0 amide bonds. The molecule has 0 atom stereocenters. The summed E-state index contributed by atoms with van der Waals surface area (Å²) in [5.41, 5.74) is 1.05. The smallest absolute Gasteiger partial charge is 0.152 e. The van der Waals surface area contributed by atoms with Crippen LogP contribution in [0.3, 0.4) is 0 Å². The van der Waals surface area contributed by atoms with E-state index in [-0.39, 0.29) is 0 Å². The van der Waals surface area contributed by atoms with Gasteiger partial charge in [0.1, 0.15) is 5.82 Å². The lowest BCUT2D eigenvalue weighted by atomic mass is 10.1. The van der Waals surface area contributed by atoms with Crippen molar-refractivity contribution in [3.8, 4) is 0 Å². The van der Waals surface area contributed by atoms with Crippen molar-refractivity contribution in [2.45, 2.75) is 6.54 Å². The third kappa shape index (κ3) is 2.89. The van der Waals surface area contributed by atoms with Gasteiger partial charge in [-0.2, -0.15) is 0 Å². The van der Waals surface area contributed by atoms with E-state index in [4.69, 9.17) is 11.6 Å². The first-order chi connectivity index (χ1) is 8.60. The van der Waals surface area contributed by atoms with Crippen molar-refractivity contribution in [1.29, 1.82) is 0 Å². The summed E-state index contributed by atoms with van der Waals surface area (Å²) in [6.45, 7) is 0.629. The van der Waals surface area contributed by atoms with E-state index in [1.54, 1.807) is 6.07 Å². The van der Waals surface area contributed by atoms with E-state index in [9.17, 15) is 9.18 Å². The number of halogens is 2. The van der Waals surface area contributed by atoms with E-state index in [2.05, 4.69) is 0 Å². The second-order valence-corrected chi connectivity index (χ2v) is 5.68. The van der Waals surface area contributed by atoms with Gasteiger partial charge in [0.2, 0.25) is 0 Å². The average molecular weight is 284 g/mol. The van der Waals surface area contributed by atoms with Crippen molar-refractivity contribution < 1.29 is 9.18 Å². The fourth-order valence-corrected chi connectivity index (χ4v) is 2.86. The second-order valence-electron chi connectivity index (χ2n) is 3.88. The number of anilines is 1. The minimum atomic E-state index is -0.409. The van der Waals surface area contributed by atoms with Crippen LogP contribution in [0.2, 0.25) is 4.34 Å². The first-order valence-electron chi connectivity index (χ1n) is 5.30. The molecular formula is C13H11ClFNOS. The summed E-state index contributed by atoms with van der Waals surface area (Å²) < 4.78 is 13.8. The summed E-state index contributed by atoms with van der Waals surface area (Å²) in [5, 5.41) is 0. The van der Waals surface area contributed by atoms with Gasteiger partial charge in [0.05, 0.1) is 10.9 Å². The number of nitrogens with zero attached hydrogens (tertiary/aromatic N) is 1. The van der Waals surface area contributed by atoms with Crippen LogP contribution in [-0.4, -0.2) is 13.3 Å². The quantitative estimate of drug-likeness (QED) is 0.791. The lowest BCUT2D eigenvalue weighted by Crippen LogP contribution is -2.17. The molecule has 0 aliphatic carbocycles. The van der Waals surface area contributed by atoms with Gasteiger partial charge in [0.25, 0.3) is 0 Å². The number of aldehydes is 1. The summed E-state index contributed by atoms with van der Waals surface area (Å²) >= 11 is 7.35. The molecular weight excluding hydrogens is 273 g/mol. The van der Waals surface area contributed by atoms with Gasteiger partial charge in [-0.15, -0.1) is 11.3 Å². The highest BCUT2D eigenvalue weighted by atomic mass is 35.5. The van der Waals surface area contributed by atoms with Gasteiger partial charge < -0.3 is 4.90 Å². The lowest BCUT2D eigenvalue weighted by molar-refractivity contribution is 0.112. The third-order valence-electron chi connectivity index (χ3n) is 2.55. The zero-order chi connectivity index (χ0) is 13.1. The molecule has 1 aromatic carbocycles. The molecule has 2 aromatic rings. The zero-order valence-electron chi connectivity index (χ0n) is 9.69. The average Bonchev–Trinajstić information content (AvgIpc) is 2.74. The van der Waals surface area contributed by atoms with Gasteiger partial charge in [0, 0.05) is 23.2 Å². The zero-order valence-corrected chi connectivity index (χ0v) is 11.3. The molecule has 94 valence electrons. The van der Waals surface area contributed by atoms with Gasteiger partial charge in [-0.05, 0) is 30.3 Å². The number of hydrogen-bond acceptors (Lipinski definition) is 3. The first kappa shape index (κ1) is 13.1. The minimum Gasteiger partial charge on any atom is -0.369 e. The van der Waals surface area contributed by atoms with Crippen molar-refractivity contribution in [1.82, 2.24) is 0 Å². The molecule has 0 saturated carbocycles. The predicted octanol–water partition coefficient (Wildman–Crippen LogP) is 3.99. The van der Waals surface area contributed by atoms with Gasteiger partial charge in [-0.1, -0.05) is 11.6 Å². The van der Waals surface area contributed by atoms with Crippen LogP contribution >= 0.6 is 22.9 Å². The van der Waals surface area contributed by atoms with Gasteiger partial charge in [-0.3, -0.25) is 4.79 Å². The molecule has 1 heterocycles. The number of rotatable bonds is 4. The maximum absolute atomic E-state index is 13.0. The van der Waals surface area contributed by atoms with Gasteiger partial charge >= 0.3 is 0 Å².